The monoisotopic (exact) mass is 465 g/mol. The van der Waals surface area contributed by atoms with Crippen molar-refractivity contribution in [1.82, 2.24) is 13.5 Å². The van der Waals surface area contributed by atoms with Crippen molar-refractivity contribution in [1.29, 1.82) is 0 Å². The van der Waals surface area contributed by atoms with E-state index in [-0.39, 0.29) is 13.2 Å². The number of esters is 1. The summed E-state index contributed by atoms with van der Waals surface area (Å²) in [5.74, 6) is -0.507. The first-order valence-electron chi connectivity index (χ1n) is 10.8. The molecule has 0 bridgehead atoms. The maximum Gasteiger partial charge on any atom is 0.324 e. The van der Waals surface area contributed by atoms with Crippen molar-refractivity contribution < 1.29 is 27.4 Å². The molecule has 1 aliphatic rings. The second-order valence-corrected chi connectivity index (χ2v) is 9.40. The molecule has 1 aromatic heterocycles. The number of methoxy groups -OCH3 is 2. The Balaban J connectivity index is 1.58. The highest BCUT2D eigenvalue weighted by atomic mass is 32.2. The zero-order valence-corrected chi connectivity index (χ0v) is 19.4. The van der Waals surface area contributed by atoms with E-state index in [1.165, 1.54) is 36.4 Å². The molecule has 0 amide bonds. The second-order valence-electron chi connectivity index (χ2n) is 7.66. The van der Waals surface area contributed by atoms with Gasteiger partial charge in [0, 0.05) is 27.0 Å². The molecule has 32 heavy (non-hydrogen) atoms. The van der Waals surface area contributed by atoms with Crippen molar-refractivity contribution in [3.05, 3.63) is 53.9 Å². The third-order valence-electron chi connectivity index (χ3n) is 5.46. The SMILES string of the molecule is COC(OC)c1ccn(S(=O)(=O)N2CCCC[C@H]2C(=O)OCCCCc2ccccc2)n1. The number of nitrogens with zero attached hydrogens (tertiary/aromatic N) is 3. The van der Waals surface area contributed by atoms with E-state index in [2.05, 4.69) is 17.2 Å². The molecule has 10 heteroatoms. The van der Waals surface area contributed by atoms with Gasteiger partial charge in [-0.05, 0) is 50.2 Å². The van der Waals surface area contributed by atoms with Crippen LogP contribution in [0.2, 0.25) is 0 Å². The second kappa shape index (κ2) is 11.6. The van der Waals surface area contributed by atoms with E-state index in [9.17, 15) is 13.2 Å². The van der Waals surface area contributed by atoms with Crippen LogP contribution in [0.3, 0.4) is 0 Å². The highest BCUT2D eigenvalue weighted by Gasteiger charge is 2.39. The maximum absolute atomic E-state index is 13.2. The molecule has 3 rings (SSSR count). The van der Waals surface area contributed by atoms with Crippen molar-refractivity contribution in [3.8, 4) is 0 Å². The Morgan fingerprint density at radius 1 is 1.12 bits per heavy atom. The molecule has 2 aromatic rings. The summed E-state index contributed by atoms with van der Waals surface area (Å²) in [5, 5.41) is 4.09. The van der Waals surface area contributed by atoms with Gasteiger partial charge in [-0.1, -0.05) is 30.3 Å². The fourth-order valence-corrected chi connectivity index (χ4v) is 5.28. The van der Waals surface area contributed by atoms with Crippen LogP contribution in [-0.2, 0) is 35.6 Å². The third kappa shape index (κ3) is 5.94. The average Bonchev–Trinajstić information content (AvgIpc) is 3.31. The normalized spacial score (nSPS) is 17.5. The summed E-state index contributed by atoms with van der Waals surface area (Å²) >= 11 is 0. The summed E-state index contributed by atoms with van der Waals surface area (Å²) in [6.07, 6.45) is 4.94. The van der Waals surface area contributed by atoms with Gasteiger partial charge in [0.25, 0.3) is 0 Å². The highest BCUT2D eigenvalue weighted by molar-refractivity contribution is 7.87. The molecule has 176 valence electrons. The van der Waals surface area contributed by atoms with Crippen LogP contribution >= 0.6 is 0 Å². The molecule has 0 aliphatic carbocycles. The largest absolute Gasteiger partial charge is 0.464 e. The lowest BCUT2D eigenvalue weighted by Crippen LogP contribution is -2.50. The zero-order valence-electron chi connectivity index (χ0n) is 18.6. The van der Waals surface area contributed by atoms with Crippen molar-refractivity contribution >= 4 is 16.2 Å². The number of carbonyl (C=O) groups excluding carboxylic acids is 1. The molecule has 1 aromatic carbocycles. The number of benzene rings is 1. The number of aromatic nitrogens is 2. The maximum atomic E-state index is 13.2. The van der Waals surface area contributed by atoms with Gasteiger partial charge in [0.05, 0.1) is 6.61 Å². The molecular formula is C22H31N3O6S. The van der Waals surface area contributed by atoms with Gasteiger partial charge in [0.1, 0.15) is 11.7 Å². The lowest BCUT2D eigenvalue weighted by atomic mass is 10.1. The molecule has 1 saturated heterocycles. The van der Waals surface area contributed by atoms with Gasteiger partial charge >= 0.3 is 16.2 Å². The minimum absolute atomic E-state index is 0.239. The summed E-state index contributed by atoms with van der Waals surface area (Å²) in [4.78, 5) is 12.7. The van der Waals surface area contributed by atoms with E-state index in [0.29, 0.717) is 18.5 Å². The molecule has 0 unspecified atom stereocenters. The first-order chi connectivity index (χ1) is 15.5. The third-order valence-corrected chi connectivity index (χ3v) is 7.17. The number of ether oxygens (including phenoxy) is 3. The van der Waals surface area contributed by atoms with Crippen LogP contribution in [0.1, 0.15) is 49.7 Å². The Morgan fingerprint density at radius 2 is 1.88 bits per heavy atom. The van der Waals surface area contributed by atoms with Crippen LogP contribution in [0, 0.1) is 0 Å². The summed E-state index contributed by atoms with van der Waals surface area (Å²) in [6, 6.07) is 10.8. The molecule has 0 spiro atoms. The van der Waals surface area contributed by atoms with Crippen LogP contribution in [0.15, 0.2) is 42.6 Å². The number of carbonyl (C=O) groups is 1. The number of hydrogen-bond donors (Lipinski definition) is 0. The molecule has 1 fully saturated rings. The van der Waals surface area contributed by atoms with E-state index in [1.807, 2.05) is 18.2 Å². The topological polar surface area (TPSA) is 100.0 Å². The van der Waals surface area contributed by atoms with Crippen LogP contribution in [0.25, 0.3) is 0 Å². The van der Waals surface area contributed by atoms with Crippen LogP contribution in [-0.4, -0.2) is 61.3 Å². The van der Waals surface area contributed by atoms with Crippen LogP contribution in [0.5, 0.6) is 0 Å². The molecule has 1 aliphatic heterocycles. The molecule has 0 saturated carbocycles. The average molecular weight is 466 g/mol. The van der Waals surface area contributed by atoms with Gasteiger partial charge in [-0.2, -0.15) is 21.9 Å². The minimum atomic E-state index is -4.03. The Kier molecular flexibility index (Phi) is 8.80. The van der Waals surface area contributed by atoms with E-state index < -0.39 is 28.5 Å². The van der Waals surface area contributed by atoms with E-state index in [1.54, 1.807) is 0 Å². The van der Waals surface area contributed by atoms with Crippen molar-refractivity contribution in [2.45, 2.75) is 50.9 Å². The van der Waals surface area contributed by atoms with Gasteiger partial charge in [0.15, 0.2) is 0 Å². The molecule has 2 heterocycles. The predicted molar refractivity (Wildman–Crippen MR) is 118 cm³/mol. The van der Waals surface area contributed by atoms with E-state index in [0.717, 1.165) is 29.8 Å². The van der Waals surface area contributed by atoms with Crippen molar-refractivity contribution in [3.63, 3.8) is 0 Å². The summed E-state index contributed by atoms with van der Waals surface area (Å²) in [7, 11) is -1.14. The number of hydrogen-bond acceptors (Lipinski definition) is 7. The van der Waals surface area contributed by atoms with Crippen molar-refractivity contribution in [2.24, 2.45) is 0 Å². The van der Waals surface area contributed by atoms with Gasteiger partial charge in [-0.3, -0.25) is 4.79 Å². The van der Waals surface area contributed by atoms with Crippen molar-refractivity contribution in [2.75, 3.05) is 27.4 Å². The Hall–Kier alpha value is -2.27. The molecule has 9 nitrogen and oxygen atoms in total. The molecular weight excluding hydrogens is 434 g/mol. The Morgan fingerprint density at radius 3 is 2.59 bits per heavy atom. The fourth-order valence-electron chi connectivity index (χ4n) is 3.78. The Labute approximate surface area is 189 Å². The lowest BCUT2D eigenvalue weighted by Gasteiger charge is -2.32. The summed E-state index contributed by atoms with van der Waals surface area (Å²) < 4.78 is 44.1. The standard InChI is InChI=1S/C22H31N3O6S/c1-29-22(30-2)19-14-16-25(23-19)32(27,28)24-15-8-6-13-20(24)21(26)31-17-9-7-12-18-10-4-3-5-11-18/h3-5,10-11,14,16,20,22H,6-9,12-13,15,17H2,1-2H3/t20-/m0/s1. The number of aryl methyl sites for hydroxylation is 1. The van der Waals surface area contributed by atoms with E-state index >= 15 is 0 Å². The van der Waals surface area contributed by atoms with E-state index in [4.69, 9.17) is 14.2 Å². The number of rotatable bonds is 11. The minimum Gasteiger partial charge on any atom is -0.464 e. The first kappa shape index (κ1) is 24.4. The predicted octanol–water partition coefficient (Wildman–Crippen LogP) is 2.69. The lowest BCUT2D eigenvalue weighted by molar-refractivity contribution is -0.149. The van der Waals surface area contributed by atoms with Crippen LogP contribution < -0.4 is 0 Å². The summed E-state index contributed by atoms with van der Waals surface area (Å²) in [5.41, 5.74) is 1.57. The molecule has 1 atom stereocenters. The number of piperidine rings is 1. The zero-order chi connectivity index (χ0) is 23.0. The Bertz CT molecular complexity index is 959. The quantitative estimate of drug-likeness (QED) is 0.286. The van der Waals surface area contributed by atoms with Crippen LogP contribution in [0.4, 0.5) is 0 Å². The van der Waals surface area contributed by atoms with Gasteiger partial charge in [-0.25, -0.2) is 0 Å². The van der Waals surface area contributed by atoms with Gasteiger partial charge in [0.2, 0.25) is 6.29 Å². The molecule has 0 radical (unpaired) electrons. The smallest absolute Gasteiger partial charge is 0.324 e. The first-order valence-corrected chi connectivity index (χ1v) is 12.2. The summed E-state index contributed by atoms with van der Waals surface area (Å²) in [6.45, 7) is 0.509. The fraction of sp³-hybridized carbons (Fsp3) is 0.545. The van der Waals surface area contributed by atoms with Gasteiger partial charge < -0.3 is 14.2 Å². The molecule has 0 N–H and O–H groups in total. The number of unbranched alkanes of at least 4 members (excludes halogenated alkanes) is 1. The van der Waals surface area contributed by atoms with Gasteiger partial charge in [-0.15, -0.1) is 0 Å². The highest BCUT2D eigenvalue weighted by Crippen LogP contribution is 2.24.